The number of amides is 1. The standard InChI is InChI=1S/C26H32F3N5O2/c1-16-15-17(9-14-22(16)36-26(27,28)29)24(35)30-18-10-12-19(13-11-18)31-25(2)32-21-8-6-5-7-20(21)23(33-25)34(3)4/h5-9,14-15,18-19,31-32H,10-13H2,1-4H3,(H,30,35). The Morgan fingerprint density at radius 3 is 2.42 bits per heavy atom. The fraction of sp³-hybridized carbons (Fsp3) is 0.462. The molecule has 3 N–H and O–H groups in total. The minimum Gasteiger partial charge on any atom is -0.406 e. The summed E-state index contributed by atoms with van der Waals surface area (Å²) in [6.45, 7) is 3.51. The second-order valence-corrected chi connectivity index (χ2v) is 9.77. The molecule has 0 bridgehead atoms. The van der Waals surface area contributed by atoms with E-state index in [9.17, 15) is 18.0 Å². The molecule has 2 aliphatic rings. The first kappa shape index (κ1) is 25.8. The predicted molar refractivity (Wildman–Crippen MR) is 133 cm³/mol. The quantitative estimate of drug-likeness (QED) is 0.555. The zero-order chi connectivity index (χ0) is 26.1. The number of para-hydroxylation sites is 1. The number of hydrogen-bond donors (Lipinski definition) is 3. The SMILES string of the molecule is Cc1cc(C(=O)NC2CCC(NC3(C)N=C(N(C)C)c4ccccc4N3)CC2)ccc1OC(F)(F)F. The van der Waals surface area contributed by atoms with Crippen LogP contribution in [0.15, 0.2) is 47.5 Å². The van der Waals surface area contributed by atoms with Crippen LogP contribution in [0, 0.1) is 6.92 Å². The maximum Gasteiger partial charge on any atom is 0.573 e. The summed E-state index contributed by atoms with van der Waals surface area (Å²) in [4.78, 5) is 19.7. The second kappa shape index (κ2) is 10.0. The summed E-state index contributed by atoms with van der Waals surface area (Å²) in [5, 5.41) is 10.2. The van der Waals surface area contributed by atoms with Gasteiger partial charge in [-0.15, -0.1) is 13.2 Å². The Kier molecular flexibility index (Phi) is 7.17. The van der Waals surface area contributed by atoms with E-state index in [4.69, 9.17) is 4.99 Å². The van der Waals surface area contributed by atoms with Crippen LogP contribution in [0.1, 0.15) is 54.1 Å². The molecular weight excluding hydrogens is 471 g/mol. The number of aliphatic imine (C=N–C) groups is 1. The molecule has 194 valence electrons. The van der Waals surface area contributed by atoms with Gasteiger partial charge in [-0.05, 0) is 75.4 Å². The fourth-order valence-electron chi connectivity index (χ4n) is 4.84. The zero-order valence-electron chi connectivity index (χ0n) is 20.9. The molecule has 2 aromatic rings. The van der Waals surface area contributed by atoms with Crippen LogP contribution in [0.25, 0.3) is 0 Å². The molecule has 1 aliphatic heterocycles. The van der Waals surface area contributed by atoms with Gasteiger partial charge in [0.15, 0.2) is 5.79 Å². The van der Waals surface area contributed by atoms with E-state index < -0.39 is 12.1 Å². The average molecular weight is 504 g/mol. The number of alkyl halides is 3. The van der Waals surface area contributed by atoms with Gasteiger partial charge in [0.2, 0.25) is 0 Å². The summed E-state index contributed by atoms with van der Waals surface area (Å²) in [7, 11) is 3.96. The molecule has 1 atom stereocenters. The molecule has 1 saturated carbocycles. The van der Waals surface area contributed by atoms with E-state index >= 15 is 0 Å². The van der Waals surface area contributed by atoms with Gasteiger partial charge in [0.05, 0.1) is 0 Å². The van der Waals surface area contributed by atoms with Crippen LogP contribution in [0.2, 0.25) is 0 Å². The number of benzene rings is 2. The highest BCUT2D eigenvalue weighted by Crippen LogP contribution is 2.30. The summed E-state index contributed by atoms with van der Waals surface area (Å²) in [5.41, 5.74) is 2.64. The van der Waals surface area contributed by atoms with E-state index in [-0.39, 0.29) is 29.3 Å². The lowest BCUT2D eigenvalue weighted by molar-refractivity contribution is -0.274. The number of amidine groups is 1. The Morgan fingerprint density at radius 1 is 1.11 bits per heavy atom. The second-order valence-electron chi connectivity index (χ2n) is 9.77. The molecule has 1 heterocycles. The van der Waals surface area contributed by atoms with E-state index in [0.717, 1.165) is 42.8 Å². The predicted octanol–water partition coefficient (Wildman–Crippen LogP) is 4.63. The number of anilines is 1. The summed E-state index contributed by atoms with van der Waals surface area (Å²) >= 11 is 0. The normalized spacial score (nSPS) is 23.7. The number of aryl methyl sites for hydroxylation is 1. The molecule has 4 rings (SSSR count). The van der Waals surface area contributed by atoms with E-state index in [1.165, 1.54) is 25.1 Å². The van der Waals surface area contributed by atoms with Crippen molar-refractivity contribution in [2.45, 2.75) is 63.8 Å². The molecule has 1 unspecified atom stereocenters. The van der Waals surface area contributed by atoms with E-state index in [1.54, 1.807) is 0 Å². The zero-order valence-corrected chi connectivity index (χ0v) is 20.9. The first-order valence-electron chi connectivity index (χ1n) is 12.0. The van der Waals surface area contributed by atoms with E-state index in [0.29, 0.717) is 5.56 Å². The largest absolute Gasteiger partial charge is 0.573 e. The first-order chi connectivity index (χ1) is 16.9. The van der Waals surface area contributed by atoms with E-state index in [2.05, 4.69) is 20.7 Å². The number of nitrogens with one attached hydrogen (secondary N) is 3. The number of nitrogens with zero attached hydrogens (tertiary/aromatic N) is 2. The average Bonchev–Trinajstić information content (AvgIpc) is 2.80. The number of fused-ring (bicyclic) bond motifs is 1. The fourth-order valence-corrected chi connectivity index (χ4v) is 4.84. The van der Waals surface area contributed by atoms with Gasteiger partial charge in [-0.3, -0.25) is 10.1 Å². The van der Waals surface area contributed by atoms with Gasteiger partial charge in [-0.2, -0.15) is 0 Å². The van der Waals surface area contributed by atoms with Crippen molar-refractivity contribution in [3.63, 3.8) is 0 Å². The molecule has 0 radical (unpaired) electrons. The molecule has 0 spiro atoms. The van der Waals surface area contributed by atoms with Crippen molar-refractivity contribution in [3.05, 3.63) is 59.2 Å². The molecule has 1 aliphatic carbocycles. The van der Waals surface area contributed by atoms with Crippen molar-refractivity contribution in [1.82, 2.24) is 15.5 Å². The van der Waals surface area contributed by atoms with Crippen molar-refractivity contribution in [3.8, 4) is 5.75 Å². The highest BCUT2D eigenvalue weighted by atomic mass is 19.4. The van der Waals surface area contributed by atoms with Gasteiger partial charge in [0.25, 0.3) is 5.91 Å². The van der Waals surface area contributed by atoms with Gasteiger partial charge in [0.1, 0.15) is 11.6 Å². The maximum atomic E-state index is 12.7. The van der Waals surface area contributed by atoms with Crippen molar-refractivity contribution in [2.24, 2.45) is 4.99 Å². The van der Waals surface area contributed by atoms with Crippen LogP contribution in [0.4, 0.5) is 18.9 Å². The molecular formula is C26H32F3N5O2. The number of carbonyl (C=O) groups is 1. The highest BCUT2D eigenvalue weighted by molar-refractivity contribution is 6.05. The van der Waals surface area contributed by atoms with Gasteiger partial charge < -0.3 is 20.3 Å². The highest BCUT2D eigenvalue weighted by Gasteiger charge is 2.35. The Labute approximate surface area is 209 Å². The van der Waals surface area contributed by atoms with Gasteiger partial charge in [-0.25, -0.2) is 4.99 Å². The Hall–Kier alpha value is -3.27. The number of rotatable bonds is 5. The topological polar surface area (TPSA) is 78.0 Å². The molecule has 1 amide bonds. The summed E-state index contributed by atoms with van der Waals surface area (Å²) in [5.74, 6) is -0.363. The Balaban J connectivity index is 1.33. The molecule has 1 fully saturated rings. The Morgan fingerprint density at radius 2 is 1.78 bits per heavy atom. The van der Waals surface area contributed by atoms with Crippen molar-refractivity contribution < 1.29 is 22.7 Å². The third-order valence-corrected chi connectivity index (χ3v) is 6.51. The van der Waals surface area contributed by atoms with Crippen molar-refractivity contribution in [2.75, 3.05) is 19.4 Å². The van der Waals surface area contributed by atoms with Gasteiger partial charge in [-0.1, -0.05) is 12.1 Å². The lowest BCUT2D eigenvalue weighted by Gasteiger charge is -2.40. The van der Waals surface area contributed by atoms with Crippen molar-refractivity contribution >= 4 is 17.4 Å². The number of hydrogen-bond acceptors (Lipinski definition) is 6. The molecule has 2 aromatic carbocycles. The first-order valence-corrected chi connectivity index (χ1v) is 12.0. The minimum atomic E-state index is -4.77. The summed E-state index contributed by atoms with van der Waals surface area (Å²) < 4.78 is 41.5. The van der Waals surface area contributed by atoms with Crippen LogP contribution in [0.5, 0.6) is 5.75 Å². The van der Waals surface area contributed by atoms with Crippen LogP contribution >= 0.6 is 0 Å². The summed E-state index contributed by atoms with van der Waals surface area (Å²) in [6.07, 6.45) is -1.49. The van der Waals surface area contributed by atoms with Crippen molar-refractivity contribution in [1.29, 1.82) is 0 Å². The lowest BCUT2D eigenvalue weighted by Crippen LogP contribution is -2.56. The summed E-state index contributed by atoms with van der Waals surface area (Å²) in [6, 6.07) is 12.2. The number of halogens is 3. The van der Waals surface area contributed by atoms with E-state index in [1.807, 2.05) is 50.2 Å². The molecule has 10 heteroatoms. The van der Waals surface area contributed by atoms with Gasteiger partial charge >= 0.3 is 6.36 Å². The molecule has 0 saturated heterocycles. The van der Waals surface area contributed by atoms with Crippen LogP contribution in [-0.2, 0) is 0 Å². The maximum absolute atomic E-state index is 12.7. The molecule has 7 nitrogen and oxygen atoms in total. The third kappa shape index (κ3) is 6.10. The van der Waals surface area contributed by atoms with Crippen LogP contribution in [0.3, 0.4) is 0 Å². The molecule has 0 aromatic heterocycles. The monoisotopic (exact) mass is 503 g/mol. The minimum absolute atomic E-state index is 0.00403. The van der Waals surface area contributed by atoms with Gasteiger partial charge in [0, 0.05) is 43.0 Å². The molecule has 36 heavy (non-hydrogen) atoms. The van der Waals surface area contributed by atoms with Crippen LogP contribution in [-0.4, -0.2) is 55.0 Å². The number of ether oxygens (including phenoxy) is 1. The lowest BCUT2D eigenvalue weighted by atomic mass is 9.90. The number of carbonyl (C=O) groups excluding carboxylic acids is 1. The smallest absolute Gasteiger partial charge is 0.406 e. The Bertz CT molecular complexity index is 1140. The van der Waals surface area contributed by atoms with Crippen LogP contribution < -0.4 is 20.7 Å². The third-order valence-electron chi connectivity index (χ3n) is 6.51.